The third-order valence-corrected chi connectivity index (χ3v) is 6.12. The number of ether oxygens (including phenoxy) is 1. The quantitative estimate of drug-likeness (QED) is 0.776. The van der Waals surface area contributed by atoms with Crippen molar-refractivity contribution in [3.05, 3.63) is 70.0 Å². The summed E-state index contributed by atoms with van der Waals surface area (Å²) in [5, 5.41) is 3.58. The zero-order valence-corrected chi connectivity index (χ0v) is 18.1. The predicted molar refractivity (Wildman–Crippen MR) is 115 cm³/mol. The van der Waals surface area contributed by atoms with Gasteiger partial charge in [0.2, 0.25) is 5.91 Å². The molecule has 1 saturated heterocycles. The molecule has 4 rings (SSSR count). The molecule has 2 aliphatic rings. The van der Waals surface area contributed by atoms with Crippen LogP contribution in [0.25, 0.3) is 0 Å². The van der Waals surface area contributed by atoms with Crippen LogP contribution in [0.1, 0.15) is 35.6 Å². The number of fused-ring (bicyclic) bond motifs is 1. The number of likely N-dealkylation sites (tertiary alicyclic amines) is 1. The molecule has 2 heterocycles. The molecule has 2 aromatic rings. The smallest absolute Gasteiger partial charge is 0.318 e. The molecule has 1 fully saturated rings. The molecule has 31 heavy (non-hydrogen) atoms. The molecular weight excluding hydrogens is 421 g/mol. The van der Waals surface area contributed by atoms with E-state index in [1.165, 1.54) is 6.07 Å². The average molecular weight is 446 g/mol. The second kappa shape index (κ2) is 9.24. The van der Waals surface area contributed by atoms with Crippen LogP contribution >= 0.6 is 11.6 Å². The van der Waals surface area contributed by atoms with Crippen molar-refractivity contribution in [2.75, 3.05) is 20.2 Å². The molecule has 0 radical (unpaired) electrons. The van der Waals surface area contributed by atoms with Crippen LogP contribution in [0.4, 0.5) is 9.18 Å². The minimum absolute atomic E-state index is 0.103. The summed E-state index contributed by atoms with van der Waals surface area (Å²) < 4.78 is 19.6. The highest BCUT2D eigenvalue weighted by molar-refractivity contribution is 6.30. The van der Waals surface area contributed by atoms with Gasteiger partial charge in [-0.25, -0.2) is 9.18 Å². The first-order valence-corrected chi connectivity index (χ1v) is 10.7. The van der Waals surface area contributed by atoms with Gasteiger partial charge >= 0.3 is 6.03 Å². The summed E-state index contributed by atoms with van der Waals surface area (Å²) in [6, 6.07) is 10.9. The molecule has 1 N–H and O–H groups in total. The van der Waals surface area contributed by atoms with Crippen LogP contribution in [-0.2, 0) is 22.7 Å². The maximum atomic E-state index is 14.1. The van der Waals surface area contributed by atoms with Crippen LogP contribution in [0.2, 0.25) is 5.02 Å². The van der Waals surface area contributed by atoms with Crippen molar-refractivity contribution >= 4 is 23.5 Å². The van der Waals surface area contributed by atoms with Gasteiger partial charge in [-0.2, -0.15) is 0 Å². The van der Waals surface area contributed by atoms with Crippen LogP contribution in [-0.4, -0.2) is 48.0 Å². The highest BCUT2D eigenvalue weighted by Gasteiger charge is 2.37. The van der Waals surface area contributed by atoms with Crippen molar-refractivity contribution in [2.24, 2.45) is 0 Å². The Hall–Kier alpha value is -2.64. The van der Waals surface area contributed by atoms with Gasteiger partial charge in [-0.1, -0.05) is 35.9 Å². The second-order valence-electron chi connectivity index (χ2n) is 8.00. The van der Waals surface area contributed by atoms with Crippen molar-refractivity contribution < 1.29 is 18.7 Å². The van der Waals surface area contributed by atoms with Crippen LogP contribution in [0.15, 0.2) is 42.5 Å². The van der Waals surface area contributed by atoms with Crippen molar-refractivity contribution in [1.82, 2.24) is 15.1 Å². The summed E-state index contributed by atoms with van der Waals surface area (Å²) in [6.07, 6.45) is 1.37. The fourth-order valence-corrected chi connectivity index (χ4v) is 4.36. The van der Waals surface area contributed by atoms with Gasteiger partial charge in [0.1, 0.15) is 11.9 Å². The van der Waals surface area contributed by atoms with Gasteiger partial charge in [0.05, 0.1) is 19.3 Å². The highest BCUT2D eigenvalue weighted by atomic mass is 35.5. The summed E-state index contributed by atoms with van der Waals surface area (Å²) in [5.41, 5.74) is 2.16. The molecule has 3 amide bonds. The Morgan fingerprint density at radius 2 is 2.03 bits per heavy atom. The van der Waals surface area contributed by atoms with Gasteiger partial charge in [-0.3, -0.25) is 4.79 Å². The van der Waals surface area contributed by atoms with Gasteiger partial charge < -0.3 is 19.9 Å². The number of likely N-dealkylation sites (N-methyl/N-ethyl adjacent to an activating group) is 1. The Bertz CT molecular complexity index is 969. The zero-order chi connectivity index (χ0) is 22.0. The van der Waals surface area contributed by atoms with Crippen LogP contribution in [0.5, 0.6) is 0 Å². The molecule has 0 spiro atoms. The maximum Gasteiger partial charge on any atom is 0.318 e. The molecule has 2 aromatic carbocycles. The lowest BCUT2D eigenvalue weighted by atomic mass is 9.98. The summed E-state index contributed by atoms with van der Waals surface area (Å²) in [4.78, 5) is 29.3. The van der Waals surface area contributed by atoms with Crippen molar-refractivity contribution in [3.63, 3.8) is 0 Å². The fourth-order valence-electron chi connectivity index (χ4n) is 4.24. The lowest BCUT2D eigenvalue weighted by molar-refractivity contribution is -0.134. The number of hydrogen-bond donors (Lipinski definition) is 1. The van der Waals surface area contributed by atoms with E-state index < -0.39 is 12.1 Å². The molecule has 2 atom stereocenters. The van der Waals surface area contributed by atoms with E-state index in [-0.39, 0.29) is 31.0 Å². The number of amides is 3. The molecular formula is C23H25ClFN3O3. The Kier molecular flexibility index (Phi) is 6.43. The second-order valence-corrected chi connectivity index (χ2v) is 8.43. The minimum atomic E-state index is -0.520. The third kappa shape index (κ3) is 4.67. The molecule has 0 aromatic heterocycles. The number of urea groups is 1. The first-order chi connectivity index (χ1) is 14.9. The van der Waals surface area contributed by atoms with Gasteiger partial charge in [0.15, 0.2) is 0 Å². The van der Waals surface area contributed by atoms with E-state index in [9.17, 15) is 14.0 Å². The number of benzene rings is 2. The summed E-state index contributed by atoms with van der Waals surface area (Å²) in [6.45, 7) is 1.39. The van der Waals surface area contributed by atoms with E-state index >= 15 is 0 Å². The predicted octanol–water partition coefficient (Wildman–Crippen LogP) is 3.88. The van der Waals surface area contributed by atoms with Gasteiger partial charge in [-0.15, -0.1) is 0 Å². The van der Waals surface area contributed by atoms with Gasteiger partial charge in [0, 0.05) is 30.7 Å². The normalized spacial score (nSPS) is 20.3. The van der Waals surface area contributed by atoms with Crippen molar-refractivity contribution in [1.29, 1.82) is 0 Å². The zero-order valence-electron chi connectivity index (χ0n) is 17.3. The number of hydrogen-bond acceptors (Lipinski definition) is 3. The molecule has 6 nitrogen and oxygen atoms in total. The summed E-state index contributed by atoms with van der Waals surface area (Å²) >= 11 is 5.93. The number of nitrogens with one attached hydrogen (secondary N) is 1. The molecule has 8 heteroatoms. The number of rotatable bonds is 4. The van der Waals surface area contributed by atoms with Crippen molar-refractivity contribution in [2.45, 2.75) is 38.1 Å². The lowest BCUT2D eigenvalue weighted by Gasteiger charge is -2.32. The Balaban J connectivity index is 1.42. The van der Waals surface area contributed by atoms with Crippen LogP contribution in [0.3, 0.4) is 0 Å². The van der Waals surface area contributed by atoms with Gasteiger partial charge in [-0.05, 0) is 42.2 Å². The number of nitrogens with zero attached hydrogens (tertiary/aromatic N) is 2. The third-order valence-electron chi connectivity index (χ3n) is 5.87. The first-order valence-electron chi connectivity index (χ1n) is 10.4. The first kappa shape index (κ1) is 21.6. The maximum absolute atomic E-state index is 14.1. The Labute approximate surface area is 185 Å². The molecule has 164 valence electrons. The SMILES string of the molecule is CN(Cc1ccc(Cl)cc1)C(=O)C1CCCN1C(=O)NC1COCc2c(F)cccc21. The fraction of sp³-hybridized carbons (Fsp3) is 0.391. The summed E-state index contributed by atoms with van der Waals surface area (Å²) in [7, 11) is 1.74. The molecule has 2 unspecified atom stereocenters. The van der Waals surface area contributed by atoms with Crippen molar-refractivity contribution in [3.8, 4) is 0 Å². The number of carbonyl (C=O) groups is 2. The minimum Gasteiger partial charge on any atom is -0.374 e. The van der Waals surface area contributed by atoms with E-state index in [4.69, 9.17) is 16.3 Å². The number of carbonyl (C=O) groups excluding carboxylic acids is 2. The Morgan fingerprint density at radius 3 is 2.81 bits per heavy atom. The molecule has 0 aliphatic carbocycles. The average Bonchev–Trinajstić information content (AvgIpc) is 3.25. The van der Waals surface area contributed by atoms with E-state index in [1.54, 1.807) is 41.1 Å². The van der Waals surface area contributed by atoms with Crippen LogP contribution in [0, 0.1) is 5.82 Å². The van der Waals surface area contributed by atoms with E-state index in [0.29, 0.717) is 30.1 Å². The standard InChI is InChI=1S/C23H25ClFN3O3/c1-27(12-15-7-9-16(24)10-8-15)22(29)21-6-3-11-28(21)23(30)26-20-14-31-13-18-17(20)4-2-5-19(18)25/h2,4-5,7-10,20-21H,3,6,11-14H2,1H3,(H,26,30). The highest BCUT2D eigenvalue weighted by Crippen LogP contribution is 2.28. The van der Waals surface area contributed by atoms with E-state index in [1.807, 2.05) is 12.1 Å². The topological polar surface area (TPSA) is 61.9 Å². The molecule has 0 saturated carbocycles. The molecule has 2 aliphatic heterocycles. The molecule has 0 bridgehead atoms. The van der Waals surface area contributed by atoms with Crippen LogP contribution < -0.4 is 5.32 Å². The number of halogens is 2. The lowest BCUT2D eigenvalue weighted by Crippen LogP contribution is -2.51. The largest absolute Gasteiger partial charge is 0.374 e. The Morgan fingerprint density at radius 1 is 1.26 bits per heavy atom. The summed E-state index contributed by atoms with van der Waals surface area (Å²) in [5.74, 6) is -0.441. The van der Waals surface area contributed by atoms with E-state index in [0.717, 1.165) is 17.5 Å². The van der Waals surface area contributed by atoms with E-state index in [2.05, 4.69) is 5.32 Å². The monoisotopic (exact) mass is 445 g/mol. The van der Waals surface area contributed by atoms with Gasteiger partial charge in [0.25, 0.3) is 0 Å².